The largest absolute Gasteiger partial charge is 0.497 e. The Hall–Kier alpha value is -1.56. The number of ether oxygens (including phenoxy) is 1. The molecule has 0 unspecified atom stereocenters. The zero-order chi connectivity index (χ0) is 17.5. The molecule has 0 radical (unpaired) electrons. The molecule has 6 heteroatoms. The van der Waals surface area contributed by atoms with Crippen molar-refractivity contribution in [3.63, 3.8) is 0 Å². The van der Waals surface area contributed by atoms with E-state index in [1.165, 1.54) is 28.8 Å². The van der Waals surface area contributed by atoms with Crippen LogP contribution in [0.3, 0.4) is 0 Å². The molecule has 1 amide bonds. The first-order valence-corrected chi connectivity index (χ1v) is 9.82. The number of carbonyl (C=O) groups is 1. The van der Waals surface area contributed by atoms with Gasteiger partial charge in [-0.25, -0.2) is 0 Å². The zero-order valence-corrected chi connectivity index (χ0v) is 16.8. The van der Waals surface area contributed by atoms with Crippen LogP contribution in [0.15, 0.2) is 35.7 Å². The van der Waals surface area contributed by atoms with Gasteiger partial charge in [-0.3, -0.25) is 4.79 Å². The third-order valence-corrected chi connectivity index (χ3v) is 5.71. The Kier molecular flexibility index (Phi) is 8.42. The molecule has 0 spiro atoms. The fourth-order valence-corrected chi connectivity index (χ4v) is 4.02. The molecule has 0 saturated carbocycles. The van der Waals surface area contributed by atoms with Gasteiger partial charge in [-0.2, -0.15) is 0 Å². The fraction of sp³-hybridized carbons (Fsp3) is 0.450. The van der Waals surface area contributed by atoms with E-state index in [0.717, 1.165) is 25.3 Å². The van der Waals surface area contributed by atoms with E-state index in [9.17, 15) is 4.79 Å². The highest BCUT2D eigenvalue weighted by Crippen LogP contribution is 2.27. The molecule has 3 rings (SSSR count). The van der Waals surface area contributed by atoms with E-state index in [4.69, 9.17) is 4.74 Å². The van der Waals surface area contributed by atoms with Crippen LogP contribution in [-0.2, 0) is 11.3 Å². The number of thiophene rings is 1. The van der Waals surface area contributed by atoms with E-state index in [1.54, 1.807) is 18.4 Å². The van der Waals surface area contributed by atoms with Crippen LogP contribution in [0.1, 0.15) is 30.6 Å². The number of piperidine rings is 1. The van der Waals surface area contributed by atoms with Gasteiger partial charge in [0.1, 0.15) is 5.75 Å². The molecular formula is C20H27ClN2O2S. The van der Waals surface area contributed by atoms with E-state index in [1.807, 2.05) is 12.1 Å². The van der Waals surface area contributed by atoms with Gasteiger partial charge in [0.15, 0.2) is 0 Å². The molecule has 1 saturated heterocycles. The number of methoxy groups -OCH3 is 1. The third kappa shape index (κ3) is 6.01. The second kappa shape index (κ2) is 10.6. The van der Waals surface area contributed by atoms with Crippen molar-refractivity contribution in [2.45, 2.75) is 32.2 Å². The van der Waals surface area contributed by atoms with Crippen LogP contribution in [0.2, 0.25) is 0 Å². The number of hydrogen-bond acceptors (Lipinski definition) is 4. The van der Waals surface area contributed by atoms with E-state index in [2.05, 4.69) is 34.2 Å². The van der Waals surface area contributed by atoms with Crippen LogP contribution in [0.25, 0.3) is 11.1 Å². The van der Waals surface area contributed by atoms with Crippen molar-refractivity contribution in [2.24, 2.45) is 5.92 Å². The average Bonchev–Trinajstić information content (AvgIpc) is 3.14. The van der Waals surface area contributed by atoms with Crippen LogP contribution >= 0.6 is 23.7 Å². The molecule has 1 aliphatic heterocycles. The summed E-state index contributed by atoms with van der Waals surface area (Å²) in [5.41, 5.74) is 2.35. The van der Waals surface area contributed by atoms with Crippen molar-refractivity contribution in [3.05, 3.63) is 40.6 Å². The normalized spacial score (nSPS) is 14.5. The van der Waals surface area contributed by atoms with Gasteiger partial charge in [-0.05, 0) is 73.0 Å². The standard InChI is InChI=1S/C20H26N2O2S.ClH/c1-24-18-5-3-16(4-6-18)17-12-19(25-14-17)13-22-20(23)7-2-15-8-10-21-11-9-15;/h3-6,12,14-15,21H,2,7-11,13H2,1H3,(H,22,23);1H. The summed E-state index contributed by atoms with van der Waals surface area (Å²) in [5, 5.41) is 8.56. The number of amides is 1. The molecule has 1 aliphatic rings. The summed E-state index contributed by atoms with van der Waals surface area (Å²) in [4.78, 5) is 13.3. The summed E-state index contributed by atoms with van der Waals surface area (Å²) in [7, 11) is 1.67. The quantitative estimate of drug-likeness (QED) is 0.738. The summed E-state index contributed by atoms with van der Waals surface area (Å²) in [6.07, 6.45) is 4.04. The molecule has 2 heterocycles. The van der Waals surface area contributed by atoms with Crippen molar-refractivity contribution >= 4 is 29.7 Å². The van der Waals surface area contributed by atoms with Crippen LogP contribution in [0.5, 0.6) is 5.75 Å². The highest BCUT2D eigenvalue weighted by Gasteiger charge is 2.14. The Balaban J connectivity index is 0.00000243. The van der Waals surface area contributed by atoms with E-state index >= 15 is 0 Å². The lowest BCUT2D eigenvalue weighted by molar-refractivity contribution is -0.121. The number of nitrogens with one attached hydrogen (secondary N) is 2. The van der Waals surface area contributed by atoms with Gasteiger partial charge in [0.25, 0.3) is 0 Å². The van der Waals surface area contributed by atoms with E-state index < -0.39 is 0 Å². The van der Waals surface area contributed by atoms with Gasteiger partial charge in [0.2, 0.25) is 5.91 Å². The first-order chi connectivity index (χ1) is 12.2. The number of benzene rings is 1. The van der Waals surface area contributed by atoms with E-state index in [-0.39, 0.29) is 18.3 Å². The molecule has 1 fully saturated rings. The second-order valence-corrected chi connectivity index (χ2v) is 7.53. The van der Waals surface area contributed by atoms with Crippen LogP contribution in [-0.4, -0.2) is 26.1 Å². The van der Waals surface area contributed by atoms with Crippen LogP contribution in [0, 0.1) is 5.92 Å². The van der Waals surface area contributed by atoms with Gasteiger partial charge in [0.05, 0.1) is 13.7 Å². The average molecular weight is 395 g/mol. The highest BCUT2D eigenvalue weighted by molar-refractivity contribution is 7.10. The topological polar surface area (TPSA) is 50.4 Å². The highest BCUT2D eigenvalue weighted by atomic mass is 35.5. The molecule has 2 aromatic rings. The molecule has 2 N–H and O–H groups in total. The van der Waals surface area contributed by atoms with Crippen molar-refractivity contribution in [1.82, 2.24) is 10.6 Å². The van der Waals surface area contributed by atoms with Gasteiger partial charge >= 0.3 is 0 Å². The Labute approximate surface area is 165 Å². The van der Waals surface area contributed by atoms with E-state index in [0.29, 0.717) is 18.9 Å². The molecule has 0 bridgehead atoms. The first kappa shape index (κ1) is 20.7. The monoisotopic (exact) mass is 394 g/mol. The van der Waals surface area contributed by atoms with Gasteiger partial charge in [-0.1, -0.05) is 12.1 Å². The maximum Gasteiger partial charge on any atom is 0.220 e. The smallest absolute Gasteiger partial charge is 0.220 e. The minimum absolute atomic E-state index is 0. The Morgan fingerprint density at radius 3 is 2.65 bits per heavy atom. The zero-order valence-electron chi connectivity index (χ0n) is 15.1. The minimum atomic E-state index is 0. The second-order valence-electron chi connectivity index (χ2n) is 6.54. The van der Waals surface area contributed by atoms with Crippen LogP contribution < -0.4 is 15.4 Å². The maximum atomic E-state index is 12.1. The number of hydrogen-bond donors (Lipinski definition) is 2. The third-order valence-electron chi connectivity index (χ3n) is 4.78. The van der Waals surface area contributed by atoms with Crippen molar-refractivity contribution in [3.8, 4) is 16.9 Å². The summed E-state index contributed by atoms with van der Waals surface area (Å²) in [6.45, 7) is 2.80. The molecule has 0 aliphatic carbocycles. The molecular weight excluding hydrogens is 368 g/mol. The molecule has 142 valence electrons. The van der Waals surface area contributed by atoms with Crippen molar-refractivity contribution < 1.29 is 9.53 Å². The molecule has 4 nitrogen and oxygen atoms in total. The van der Waals surface area contributed by atoms with Gasteiger partial charge in [-0.15, -0.1) is 23.7 Å². The number of carbonyl (C=O) groups excluding carboxylic acids is 1. The lowest BCUT2D eigenvalue weighted by atomic mass is 9.93. The molecule has 26 heavy (non-hydrogen) atoms. The Bertz CT molecular complexity index is 681. The maximum absolute atomic E-state index is 12.1. The lowest BCUT2D eigenvalue weighted by Gasteiger charge is -2.22. The predicted octanol–water partition coefficient (Wildman–Crippen LogP) is 4.24. The minimum Gasteiger partial charge on any atom is -0.497 e. The molecule has 1 aromatic heterocycles. The van der Waals surface area contributed by atoms with Gasteiger partial charge in [0, 0.05) is 11.3 Å². The molecule has 1 aromatic carbocycles. The summed E-state index contributed by atoms with van der Waals surface area (Å²) in [5.74, 6) is 1.73. The Morgan fingerprint density at radius 2 is 1.96 bits per heavy atom. The Morgan fingerprint density at radius 1 is 1.23 bits per heavy atom. The lowest BCUT2D eigenvalue weighted by Crippen LogP contribution is -2.29. The van der Waals surface area contributed by atoms with Crippen LogP contribution in [0.4, 0.5) is 0 Å². The number of halogens is 1. The molecule has 0 atom stereocenters. The summed E-state index contributed by atoms with van der Waals surface area (Å²) < 4.78 is 5.19. The number of rotatable bonds is 7. The SMILES string of the molecule is COc1ccc(-c2csc(CNC(=O)CCC3CCNCC3)c2)cc1.Cl. The van der Waals surface area contributed by atoms with Crippen molar-refractivity contribution in [2.75, 3.05) is 20.2 Å². The summed E-state index contributed by atoms with van der Waals surface area (Å²) in [6, 6.07) is 10.2. The predicted molar refractivity (Wildman–Crippen MR) is 110 cm³/mol. The van der Waals surface area contributed by atoms with Crippen molar-refractivity contribution in [1.29, 1.82) is 0 Å². The first-order valence-electron chi connectivity index (χ1n) is 8.94. The summed E-state index contributed by atoms with van der Waals surface area (Å²) >= 11 is 1.69. The van der Waals surface area contributed by atoms with Gasteiger partial charge < -0.3 is 15.4 Å². The fourth-order valence-electron chi connectivity index (χ4n) is 3.19.